The second kappa shape index (κ2) is 11.4. The third-order valence-corrected chi connectivity index (χ3v) is 9.77. The van der Waals surface area contributed by atoms with E-state index < -0.39 is 0 Å². The summed E-state index contributed by atoms with van der Waals surface area (Å²) in [7, 11) is 0. The zero-order chi connectivity index (χ0) is 33.0. The standard InChI is InChI=1S/C46H30N4/c1-3-14-31(15-4-1)35-20-7-8-21-36(35)45-37-22-9-11-24-40(37)47-46(48-45)32-16-13-19-34(30-32)50-42-25-12-10-23-38(42)44-39-28-29-49(33-17-5-2-6-18-33)41(39)26-27-43(44)50/h1-30H. The number of hydrogen-bond donors (Lipinski definition) is 0. The third-order valence-electron chi connectivity index (χ3n) is 9.77. The highest BCUT2D eigenvalue weighted by Gasteiger charge is 2.19. The molecule has 0 aliphatic carbocycles. The van der Waals surface area contributed by atoms with Gasteiger partial charge in [0.2, 0.25) is 0 Å². The van der Waals surface area contributed by atoms with Gasteiger partial charge in [-0.25, -0.2) is 9.97 Å². The minimum absolute atomic E-state index is 0.700. The van der Waals surface area contributed by atoms with Gasteiger partial charge in [-0.05, 0) is 65.7 Å². The lowest BCUT2D eigenvalue weighted by Gasteiger charge is -2.14. The third kappa shape index (κ3) is 4.46. The van der Waals surface area contributed by atoms with Crippen LogP contribution in [0.15, 0.2) is 182 Å². The molecule has 0 amide bonds. The fraction of sp³-hybridized carbons (Fsp3) is 0. The van der Waals surface area contributed by atoms with Gasteiger partial charge in [0, 0.05) is 50.2 Å². The second-order valence-electron chi connectivity index (χ2n) is 12.6. The molecule has 0 fully saturated rings. The first kappa shape index (κ1) is 28.3. The highest BCUT2D eigenvalue weighted by Crippen LogP contribution is 2.39. The van der Waals surface area contributed by atoms with Crippen LogP contribution in [0.1, 0.15) is 0 Å². The maximum atomic E-state index is 5.32. The molecule has 4 heteroatoms. The normalized spacial score (nSPS) is 11.6. The average Bonchev–Trinajstić information content (AvgIpc) is 3.78. The Kier molecular flexibility index (Phi) is 6.46. The van der Waals surface area contributed by atoms with Crippen molar-refractivity contribution < 1.29 is 0 Å². The number of nitrogens with zero attached hydrogens (tertiary/aromatic N) is 4. The minimum atomic E-state index is 0.700. The van der Waals surface area contributed by atoms with E-state index >= 15 is 0 Å². The molecule has 0 spiro atoms. The SMILES string of the molecule is c1ccc(-c2ccccc2-c2nc(-c3cccc(-n4c5ccccc5c5c6ccn(-c7ccccc7)c6ccc54)c3)nc3ccccc23)cc1. The van der Waals surface area contributed by atoms with Gasteiger partial charge >= 0.3 is 0 Å². The number of fused-ring (bicyclic) bond motifs is 6. The number of rotatable bonds is 5. The summed E-state index contributed by atoms with van der Waals surface area (Å²) >= 11 is 0. The molecule has 0 atom stereocenters. The number of hydrogen-bond acceptors (Lipinski definition) is 2. The summed E-state index contributed by atoms with van der Waals surface area (Å²) in [6, 6.07) is 62.0. The molecule has 50 heavy (non-hydrogen) atoms. The van der Waals surface area contributed by atoms with Gasteiger partial charge in [-0.15, -0.1) is 0 Å². The van der Waals surface area contributed by atoms with Crippen LogP contribution in [0.5, 0.6) is 0 Å². The molecule has 0 radical (unpaired) electrons. The summed E-state index contributed by atoms with van der Waals surface area (Å²) in [6.45, 7) is 0. The summed E-state index contributed by atoms with van der Waals surface area (Å²) in [5.74, 6) is 0.700. The van der Waals surface area contributed by atoms with Crippen molar-refractivity contribution in [2.45, 2.75) is 0 Å². The van der Waals surface area contributed by atoms with E-state index in [9.17, 15) is 0 Å². The topological polar surface area (TPSA) is 35.6 Å². The van der Waals surface area contributed by atoms with Crippen LogP contribution >= 0.6 is 0 Å². The molecular formula is C46H30N4. The van der Waals surface area contributed by atoms with Gasteiger partial charge in [0.1, 0.15) is 0 Å². The van der Waals surface area contributed by atoms with E-state index in [-0.39, 0.29) is 0 Å². The van der Waals surface area contributed by atoms with Crippen LogP contribution in [0.4, 0.5) is 0 Å². The van der Waals surface area contributed by atoms with Crippen LogP contribution in [-0.4, -0.2) is 19.1 Å². The highest BCUT2D eigenvalue weighted by molar-refractivity contribution is 6.21. The van der Waals surface area contributed by atoms with E-state index in [1.807, 2.05) is 6.07 Å². The number of para-hydroxylation sites is 3. The van der Waals surface area contributed by atoms with Crippen molar-refractivity contribution >= 4 is 43.6 Å². The molecular weight excluding hydrogens is 609 g/mol. The lowest BCUT2D eigenvalue weighted by molar-refractivity contribution is 1.13. The Morgan fingerprint density at radius 2 is 1.04 bits per heavy atom. The number of benzene rings is 7. The Bertz CT molecular complexity index is 2860. The van der Waals surface area contributed by atoms with Crippen LogP contribution in [0.2, 0.25) is 0 Å². The Hall–Kier alpha value is -6.78. The van der Waals surface area contributed by atoms with Gasteiger partial charge in [-0.3, -0.25) is 0 Å². The monoisotopic (exact) mass is 638 g/mol. The molecule has 0 aliphatic rings. The summed E-state index contributed by atoms with van der Waals surface area (Å²) in [6.07, 6.45) is 2.18. The van der Waals surface area contributed by atoms with Gasteiger partial charge in [0.15, 0.2) is 5.82 Å². The molecule has 7 aromatic carbocycles. The Morgan fingerprint density at radius 1 is 0.400 bits per heavy atom. The van der Waals surface area contributed by atoms with Gasteiger partial charge in [0.25, 0.3) is 0 Å². The van der Waals surface area contributed by atoms with Crippen molar-refractivity contribution in [3.05, 3.63) is 182 Å². The van der Waals surface area contributed by atoms with E-state index in [0.29, 0.717) is 5.82 Å². The van der Waals surface area contributed by atoms with E-state index in [1.165, 1.54) is 27.2 Å². The van der Waals surface area contributed by atoms with Crippen molar-refractivity contribution in [1.29, 1.82) is 0 Å². The summed E-state index contributed by atoms with van der Waals surface area (Å²) in [5, 5.41) is 4.74. The quantitative estimate of drug-likeness (QED) is 0.188. The molecule has 0 saturated carbocycles. The van der Waals surface area contributed by atoms with Crippen molar-refractivity contribution in [2.75, 3.05) is 0 Å². The number of aromatic nitrogens is 4. The summed E-state index contributed by atoms with van der Waals surface area (Å²) < 4.78 is 4.65. The van der Waals surface area contributed by atoms with E-state index in [0.717, 1.165) is 55.7 Å². The van der Waals surface area contributed by atoms with Crippen molar-refractivity contribution in [1.82, 2.24) is 19.1 Å². The zero-order valence-electron chi connectivity index (χ0n) is 27.1. The van der Waals surface area contributed by atoms with Gasteiger partial charge < -0.3 is 9.13 Å². The summed E-state index contributed by atoms with van der Waals surface area (Å²) in [4.78, 5) is 10.5. The molecule has 10 aromatic rings. The van der Waals surface area contributed by atoms with Crippen molar-refractivity contribution in [3.63, 3.8) is 0 Å². The molecule has 0 N–H and O–H groups in total. The van der Waals surface area contributed by atoms with E-state index in [4.69, 9.17) is 9.97 Å². The van der Waals surface area contributed by atoms with Crippen LogP contribution in [0.3, 0.4) is 0 Å². The zero-order valence-corrected chi connectivity index (χ0v) is 27.1. The first-order valence-electron chi connectivity index (χ1n) is 16.9. The minimum Gasteiger partial charge on any atom is -0.317 e. The van der Waals surface area contributed by atoms with Crippen molar-refractivity contribution in [3.8, 4) is 45.1 Å². The first-order valence-corrected chi connectivity index (χ1v) is 16.9. The largest absolute Gasteiger partial charge is 0.317 e. The predicted molar refractivity (Wildman–Crippen MR) is 207 cm³/mol. The van der Waals surface area contributed by atoms with E-state index in [2.05, 4.69) is 185 Å². The van der Waals surface area contributed by atoms with Gasteiger partial charge in [-0.1, -0.05) is 121 Å². The van der Waals surface area contributed by atoms with E-state index in [1.54, 1.807) is 0 Å². The van der Waals surface area contributed by atoms with Crippen LogP contribution in [0, 0.1) is 0 Å². The molecule has 0 saturated heterocycles. The van der Waals surface area contributed by atoms with Crippen LogP contribution < -0.4 is 0 Å². The maximum Gasteiger partial charge on any atom is 0.160 e. The molecule has 0 bridgehead atoms. The lowest BCUT2D eigenvalue weighted by Crippen LogP contribution is -1.98. The molecule has 3 heterocycles. The smallest absolute Gasteiger partial charge is 0.160 e. The first-order chi connectivity index (χ1) is 24.8. The van der Waals surface area contributed by atoms with Crippen molar-refractivity contribution in [2.24, 2.45) is 0 Å². The Balaban J connectivity index is 1.17. The highest BCUT2D eigenvalue weighted by atomic mass is 15.0. The van der Waals surface area contributed by atoms with Crippen LogP contribution in [-0.2, 0) is 0 Å². The molecule has 0 unspecified atom stereocenters. The molecule has 4 nitrogen and oxygen atoms in total. The van der Waals surface area contributed by atoms with Gasteiger partial charge in [-0.2, -0.15) is 0 Å². The Morgan fingerprint density at radius 3 is 1.90 bits per heavy atom. The fourth-order valence-electron chi connectivity index (χ4n) is 7.53. The lowest BCUT2D eigenvalue weighted by atomic mass is 9.95. The molecule has 3 aromatic heterocycles. The average molecular weight is 639 g/mol. The molecule has 0 aliphatic heterocycles. The maximum absolute atomic E-state index is 5.32. The second-order valence-corrected chi connectivity index (χ2v) is 12.6. The van der Waals surface area contributed by atoms with Crippen LogP contribution in [0.25, 0.3) is 88.8 Å². The summed E-state index contributed by atoms with van der Waals surface area (Å²) in [5.41, 5.74) is 11.9. The Labute approximate surface area is 289 Å². The predicted octanol–water partition coefficient (Wildman–Crippen LogP) is 11.7. The molecule has 10 rings (SSSR count). The fourth-order valence-corrected chi connectivity index (χ4v) is 7.53. The molecule has 234 valence electrons. The van der Waals surface area contributed by atoms with Gasteiger partial charge in [0.05, 0.1) is 27.8 Å².